The Morgan fingerprint density at radius 1 is 1.25 bits per heavy atom. The van der Waals surface area contributed by atoms with E-state index in [1.807, 2.05) is 0 Å². The normalized spacial score (nSPS) is 18.6. The van der Waals surface area contributed by atoms with Crippen molar-refractivity contribution < 1.29 is 8.42 Å². The Morgan fingerprint density at radius 2 is 1.85 bits per heavy atom. The molecule has 0 amide bonds. The van der Waals surface area contributed by atoms with Gasteiger partial charge in [0.25, 0.3) is 0 Å². The number of rotatable bonds is 3. The van der Waals surface area contributed by atoms with Crippen molar-refractivity contribution >= 4 is 15.7 Å². The number of aryl methyl sites for hydroxylation is 1. The molecule has 2 N–H and O–H groups in total. The first-order valence-corrected chi connectivity index (χ1v) is 8.62. The lowest BCUT2D eigenvalue weighted by molar-refractivity contribution is 0.226. The second-order valence-corrected chi connectivity index (χ2v) is 7.92. The highest BCUT2D eigenvalue weighted by atomic mass is 32.2. The van der Waals surface area contributed by atoms with E-state index in [-0.39, 0.29) is 0 Å². The zero-order valence-electron chi connectivity index (χ0n) is 12.5. The average molecular weight is 296 g/mol. The maximum absolute atomic E-state index is 12.7. The summed E-state index contributed by atoms with van der Waals surface area (Å²) in [4.78, 5) is 0.384. The lowest BCUT2D eigenvalue weighted by atomic mass is 9.87. The topological polar surface area (TPSA) is 63.4 Å². The number of sulfonamides is 1. The van der Waals surface area contributed by atoms with Gasteiger partial charge in [-0.15, -0.1) is 0 Å². The Balaban J connectivity index is 2.20. The minimum Gasteiger partial charge on any atom is -0.399 e. The predicted octanol–water partition coefficient (Wildman–Crippen LogP) is 2.63. The van der Waals surface area contributed by atoms with Gasteiger partial charge in [-0.3, -0.25) is 0 Å². The molecular formula is C15H24N2O2S. The lowest BCUT2D eigenvalue weighted by Gasteiger charge is -2.33. The molecule has 0 radical (unpaired) electrons. The fraction of sp³-hybridized carbons (Fsp3) is 0.600. The summed E-state index contributed by atoms with van der Waals surface area (Å²) >= 11 is 0. The van der Waals surface area contributed by atoms with Crippen molar-refractivity contribution in [2.24, 2.45) is 11.8 Å². The average Bonchev–Trinajstić information content (AvgIpc) is 2.38. The third-order valence-corrected chi connectivity index (χ3v) is 6.32. The van der Waals surface area contributed by atoms with E-state index in [0.29, 0.717) is 35.5 Å². The molecule has 1 heterocycles. The van der Waals surface area contributed by atoms with Crippen LogP contribution in [0.2, 0.25) is 0 Å². The molecular weight excluding hydrogens is 272 g/mol. The van der Waals surface area contributed by atoms with Crippen LogP contribution >= 0.6 is 0 Å². The van der Waals surface area contributed by atoms with Crippen LogP contribution in [0.4, 0.5) is 5.69 Å². The van der Waals surface area contributed by atoms with E-state index in [2.05, 4.69) is 13.8 Å². The SMILES string of the molecule is Cc1cc(N)ccc1S(=O)(=O)N1CCC(C(C)C)CC1. The molecule has 0 aliphatic carbocycles. The molecule has 2 rings (SSSR count). The van der Waals surface area contributed by atoms with E-state index in [9.17, 15) is 8.42 Å². The number of anilines is 1. The summed E-state index contributed by atoms with van der Waals surface area (Å²) in [5.41, 5.74) is 7.01. The van der Waals surface area contributed by atoms with E-state index in [1.54, 1.807) is 29.4 Å². The van der Waals surface area contributed by atoms with E-state index in [1.165, 1.54) is 0 Å². The summed E-state index contributed by atoms with van der Waals surface area (Å²) < 4.78 is 27.0. The molecule has 0 bridgehead atoms. The molecule has 4 nitrogen and oxygen atoms in total. The van der Waals surface area contributed by atoms with Crippen molar-refractivity contribution in [2.45, 2.75) is 38.5 Å². The zero-order valence-corrected chi connectivity index (χ0v) is 13.3. The third-order valence-electron chi connectivity index (χ3n) is 4.26. The van der Waals surface area contributed by atoms with Crippen LogP contribution in [0.1, 0.15) is 32.3 Å². The summed E-state index contributed by atoms with van der Waals surface area (Å²) in [5, 5.41) is 0. The molecule has 1 aromatic rings. The Kier molecular flexibility index (Phi) is 4.39. The lowest BCUT2D eigenvalue weighted by Crippen LogP contribution is -2.39. The molecule has 0 unspecified atom stereocenters. The van der Waals surface area contributed by atoms with Crippen LogP contribution in [0.5, 0.6) is 0 Å². The predicted molar refractivity (Wildman–Crippen MR) is 81.9 cm³/mol. The molecule has 20 heavy (non-hydrogen) atoms. The van der Waals surface area contributed by atoms with E-state index < -0.39 is 10.0 Å². The van der Waals surface area contributed by atoms with Gasteiger partial charge in [0.05, 0.1) is 4.90 Å². The maximum atomic E-state index is 12.7. The highest BCUT2D eigenvalue weighted by Gasteiger charge is 2.31. The zero-order chi connectivity index (χ0) is 14.9. The van der Waals surface area contributed by atoms with Crippen molar-refractivity contribution in [2.75, 3.05) is 18.8 Å². The van der Waals surface area contributed by atoms with Gasteiger partial charge in [0, 0.05) is 18.8 Å². The van der Waals surface area contributed by atoms with Gasteiger partial charge in [0.15, 0.2) is 0 Å². The molecule has 0 spiro atoms. The van der Waals surface area contributed by atoms with Gasteiger partial charge in [-0.2, -0.15) is 4.31 Å². The quantitative estimate of drug-likeness (QED) is 0.872. The third kappa shape index (κ3) is 2.99. The van der Waals surface area contributed by atoms with Crippen LogP contribution in [0.15, 0.2) is 23.1 Å². The fourth-order valence-corrected chi connectivity index (χ4v) is 4.56. The number of hydrogen-bond donors (Lipinski definition) is 1. The summed E-state index contributed by atoms with van der Waals surface area (Å²) in [6.07, 6.45) is 1.90. The largest absolute Gasteiger partial charge is 0.399 e. The highest BCUT2D eigenvalue weighted by molar-refractivity contribution is 7.89. The highest BCUT2D eigenvalue weighted by Crippen LogP contribution is 2.29. The van der Waals surface area contributed by atoms with Gasteiger partial charge in [0.1, 0.15) is 0 Å². The number of piperidine rings is 1. The summed E-state index contributed by atoms with van der Waals surface area (Å²) in [5.74, 6) is 1.26. The summed E-state index contributed by atoms with van der Waals surface area (Å²) in [7, 11) is -3.38. The monoisotopic (exact) mass is 296 g/mol. The first-order chi connectivity index (χ1) is 9.32. The van der Waals surface area contributed by atoms with Gasteiger partial charge in [-0.05, 0) is 55.4 Å². The Bertz CT molecular complexity index is 574. The van der Waals surface area contributed by atoms with E-state index >= 15 is 0 Å². The van der Waals surface area contributed by atoms with Gasteiger partial charge < -0.3 is 5.73 Å². The first-order valence-electron chi connectivity index (χ1n) is 7.18. The molecule has 1 aromatic carbocycles. The number of hydrogen-bond acceptors (Lipinski definition) is 3. The van der Waals surface area contributed by atoms with Crippen molar-refractivity contribution in [1.82, 2.24) is 4.31 Å². The van der Waals surface area contributed by atoms with Crippen LogP contribution in [-0.4, -0.2) is 25.8 Å². The number of nitrogens with two attached hydrogens (primary N) is 1. The molecule has 0 atom stereocenters. The molecule has 1 saturated heterocycles. The van der Waals surface area contributed by atoms with Crippen LogP contribution in [0.3, 0.4) is 0 Å². The van der Waals surface area contributed by atoms with Gasteiger partial charge in [0.2, 0.25) is 10.0 Å². The molecule has 1 aliphatic rings. The molecule has 0 aromatic heterocycles. The number of nitrogen functional groups attached to an aromatic ring is 1. The Labute approximate surface area is 122 Å². The van der Waals surface area contributed by atoms with Gasteiger partial charge >= 0.3 is 0 Å². The van der Waals surface area contributed by atoms with Crippen LogP contribution in [-0.2, 0) is 10.0 Å². The van der Waals surface area contributed by atoms with Gasteiger partial charge in [-0.1, -0.05) is 13.8 Å². The smallest absolute Gasteiger partial charge is 0.243 e. The van der Waals surface area contributed by atoms with Crippen LogP contribution in [0.25, 0.3) is 0 Å². The van der Waals surface area contributed by atoms with Crippen LogP contribution < -0.4 is 5.73 Å². The summed E-state index contributed by atoms with van der Waals surface area (Å²) in [6.45, 7) is 7.45. The van der Waals surface area contributed by atoms with Gasteiger partial charge in [-0.25, -0.2) is 8.42 Å². The van der Waals surface area contributed by atoms with Crippen molar-refractivity contribution in [1.29, 1.82) is 0 Å². The van der Waals surface area contributed by atoms with E-state index in [0.717, 1.165) is 18.4 Å². The fourth-order valence-electron chi connectivity index (χ4n) is 2.88. The Morgan fingerprint density at radius 3 is 2.35 bits per heavy atom. The van der Waals surface area contributed by atoms with Crippen LogP contribution in [0, 0.1) is 18.8 Å². The van der Waals surface area contributed by atoms with Crippen molar-refractivity contribution in [3.63, 3.8) is 0 Å². The molecule has 0 saturated carbocycles. The maximum Gasteiger partial charge on any atom is 0.243 e. The first kappa shape index (κ1) is 15.3. The minimum atomic E-state index is -3.38. The second-order valence-electron chi connectivity index (χ2n) is 6.01. The number of nitrogens with zero attached hydrogens (tertiary/aromatic N) is 1. The number of benzene rings is 1. The van der Waals surface area contributed by atoms with E-state index in [4.69, 9.17) is 5.73 Å². The molecule has 5 heteroatoms. The summed E-state index contributed by atoms with van der Waals surface area (Å²) in [6, 6.07) is 4.99. The van der Waals surface area contributed by atoms with Crippen molar-refractivity contribution in [3.05, 3.63) is 23.8 Å². The standard InChI is InChI=1S/C15H24N2O2S/c1-11(2)13-6-8-17(9-7-13)20(18,19)15-5-4-14(16)10-12(15)3/h4-5,10-11,13H,6-9,16H2,1-3H3. The molecule has 112 valence electrons. The Hall–Kier alpha value is -1.07. The molecule has 1 aliphatic heterocycles. The van der Waals surface area contributed by atoms with Crippen molar-refractivity contribution in [3.8, 4) is 0 Å². The minimum absolute atomic E-state index is 0.384. The second kappa shape index (κ2) is 5.74. The molecule has 1 fully saturated rings.